The first-order valence-electron chi connectivity index (χ1n) is 4.97. The summed E-state index contributed by atoms with van der Waals surface area (Å²) in [6, 6.07) is 0. The van der Waals surface area contributed by atoms with Crippen LogP contribution in [0.1, 0.15) is 26.2 Å². The molecule has 2 unspecified atom stereocenters. The van der Waals surface area contributed by atoms with Crippen molar-refractivity contribution in [2.45, 2.75) is 38.4 Å². The number of carbonyl (C=O) groups is 1. The van der Waals surface area contributed by atoms with E-state index in [1.54, 1.807) is 0 Å². The smallest absolute Gasteiger partial charge is 0.304 e. The Morgan fingerprint density at radius 1 is 1.47 bits per heavy atom. The Labute approximate surface area is 89.3 Å². The Balaban J connectivity index is 2.39. The Hall–Kier alpha value is -0.620. The zero-order valence-electron chi connectivity index (χ0n) is 8.68. The molecule has 0 spiro atoms. The lowest BCUT2D eigenvalue weighted by atomic mass is 10.2. The highest BCUT2D eigenvalue weighted by Gasteiger charge is 2.27. The van der Waals surface area contributed by atoms with Crippen LogP contribution in [0.2, 0.25) is 0 Å². The fraction of sp³-hybridized carbons (Fsp3) is 0.889. The summed E-state index contributed by atoms with van der Waals surface area (Å²) >= 11 is 0. The van der Waals surface area contributed by atoms with E-state index in [1.807, 2.05) is 6.92 Å². The number of carboxylic acids is 1. The summed E-state index contributed by atoms with van der Waals surface area (Å²) in [6.45, 7) is 1.91. The van der Waals surface area contributed by atoms with Crippen LogP contribution in [0.4, 0.5) is 0 Å². The van der Waals surface area contributed by atoms with Crippen molar-refractivity contribution in [2.75, 3.05) is 11.5 Å². The molecular formula is C9H16O5S. The SMILES string of the molecule is CC1CCC(CS(=O)(=O)CCC(=O)O)O1. The maximum absolute atomic E-state index is 11.5. The van der Waals surface area contributed by atoms with E-state index in [2.05, 4.69) is 0 Å². The molecule has 1 rings (SSSR count). The van der Waals surface area contributed by atoms with Gasteiger partial charge in [0, 0.05) is 0 Å². The van der Waals surface area contributed by atoms with Crippen LogP contribution in [-0.2, 0) is 19.4 Å². The summed E-state index contributed by atoms with van der Waals surface area (Å²) in [5, 5.41) is 8.38. The number of sulfone groups is 1. The molecule has 2 atom stereocenters. The highest BCUT2D eigenvalue weighted by atomic mass is 32.2. The molecule has 0 amide bonds. The van der Waals surface area contributed by atoms with Gasteiger partial charge in [-0.05, 0) is 19.8 Å². The maximum Gasteiger partial charge on any atom is 0.304 e. The third-order valence-electron chi connectivity index (χ3n) is 2.39. The zero-order valence-corrected chi connectivity index (χ0v) is 9.50. The first-order valence-corrected chi connectivity index (χ1v) is 6.79. The van der Waals surface area contributed by atoms with E-state index >= 15 is 0 Å². The second kappa shape index (κ2) is 4.94. The van der Waals surface area contributed by atoms with Crippen LogP contribution < -0.4 is 0 Å². The van der Waals surface area contributed by atoms with Gasteiger partial charge in [-0.15, -0.1) is 0 Å². The molecule has 1 aliphatic rings. The first kappa shape index (κ1) is 12.4. The molecule has 1 N–H and O–H groups in total. The standard InChI is InChI=1S/C9H16O5S/c1-7-2-3-8(14-7)6-15(12,13)5-4-9(10)11/h7-8H,2-6H2,1H3,(H,10,11). The van der Waals surface area contributed by atoms with Gasteiger partial charge in [-0.25, -0.2) is 8.42 Å². The van der Waals surface area contributed by atoms with Gasteiger partial charge in [-0.1, -0.05) is 0 Å². The molecule has 0 aromatic heterocycles. The number of carboxylic acid groups (broad SMARTS) is 1. The summed E-state index contributed by atoms with van der Waals surface area (Å²) in [4.78, 5) is 10.2. The van der Waals surface area contributed by atoms with E-state index in [4.69, 9.17) is 9.84 Å². The van der Waals surface area contributed by atoms with E-state index in [1.165, 1.54) is 0 Å². The normalized spacial score (nSPS) is 26.7. The molecular weight excluding hydrogens is 220 g/mol. The molecule has 1 aliphatic heterocycles. The number of rotatable bonds is 5. The average molecular weight is 236 g/mol. The molecule has 88 valence electrons. The van der Waals surface area contributed by atoms with Crippen molar-refractivity contribution in [3.8, 4) is 0 Å². The zero-order chi connectivity index (χ0) is 11.5. The molecule has 0 bridgehead atoms. The van der Waals surface area contributed by atoms with E-state index in [0.29, 0.717) is 0 Å². The van der Waals surface area contributed by atoms with Crippen LogP contribution in [-0.4, -0.2) is 43.2 Å². The average Bonchev–Trinajstić information content (AvgIpc) is 2.47. The lowest BCUT2D eigenvalue weighted by Gasteiger charge is -2.10. The van der Waals surface area contributed by atoms with Gasteiger partial charge in [-0.3, -0.25) is 4.79 Å². The highest BCUT2D eigenvalue weighted by Crippen LogP contribution is 2.20. The van der Waals surface area contributed by atoms with E-state index in [0.717, 1.165) is 12.8 Å². The van der Waals surface area contributed by atoms with Gasteiger partial charge in [-0.2, -0.15) is 0 Å². The number of aliphatic carboxylic acids is 1. The van der Waals surface area contributed by atoms with Gasteiger partial charge in [0.2, 0.25) is 0 Å². The lowest BCUT2D eigenvalue weighted by Crippen LogP contribution is -2.24. The van der Waals surface area contributed by atoms with Crippen LogP contribution in [0.15, 0.2) is 0 Å². The number of hydrogen-bond acceptors (Lipinski definition) is 4. The van der Waals surface area contributed by atoms with Crippen LogP contribution in [0.3, 0.4) is 0 Å². The minimum absolute atomic E-state index is 0.0510. The van der Waals surface area contributed by atoms with Crippen molar-refractivity contribution in [2.24, 2.45) is 0 Å². The lowest BCUT2D eigenvalue weighted by molar-refractivity contribution is -0.136. The molecule has 0 aliphatic carbocycles. The van der Waals surface area contributed by atoms with Crippen molar-refractivity contribution in [1.82, 2.24) is 0 Å². The molecule has 1 heterocycles. The van der Waals surface area contributed by atoms with Crippen molar-refractivity contribution in [3.63, 3.8) is 0 Å². The Morgan fingerprint density at radius 3 is 2.60 bits per heavy atom. The minimum atomic E-state index is -3.29. The monoisotopic (exact) mass is 236 g/mol. The minimum Gasteiger partial charge on any atom is -0.481 e. The summed E-state index contributed by atoms with van der Waals surface area (Å²) in [6.07, 6.45) is 1.15. The predicted molar refractivity (Wildman–Crippen MR) is 54.5 cm³/mol. The van der Waals surface area contributed by atoms with Gasteiger partial charge < -0.3 is 9.84 Å². The Bertz CT molecular complexity index is 321. The Kier molecular flexibility index (Phi) is 4.10. The molecule has 0 aromatic rings. The second-order valence-corrected chi connectivity index (χ2v) is 6.13. The van der Waals surface area contributed by atoms with Gasteiger partial charge in [0.25, 0.3) is 0 Å². The fourth-order valence-electron chi connectivity index (χ4n) is 1.62. The summed E-state index contributed by atoms with van der Waals surface area (Å²) < 4.78 is 28.3. The quantitative estimate of drug-likeness (QED) is 0.749. The molecule has 15 heavy (non-hydrogen) atoms. The first-order chi connectivity index (χ1) is 6.89. The summed E-state index contributed by atoms with van der Waals surface area (Å²) in [5.74, 6) is -1.43. The maximum atomic E-state index is 11.5. The number of ether oxygens (including phenoxy) is 1. The molecule has 6 heteroatoms. The molecule has 5 nitrogen and oxygen atoms in total. The van der Waals surface area contributed by atoms with Crippen molar-refractivity contribution >= 4 is 15.8 Å². The molecule has 1 saturated heterocycles. The molecule has 0 radical (unpaired) electrons. The predicted octanol–water partition coefficient (Wildman–Crippen LogP) is 0.443. The van der Waals surface area contributed by atoms with Gasteiger partial charge in [0.15, 0.2) is 9.84 Å². The molecule has 0 aromatic carbocycles. The van der Waals surface area contributed by atoms with E-state index < -0.39 is 15.8 Å². The Morgan fingerprint density at radius 2 is 2.13 bits per heavy atom. The van der Waals surface area contributed by atoms with Crippen LogP contribution >= 0.6 is 0 Å². The third-order valence-corrected chi connectivity index (χ3v) is 4.09. The fourth-order valence-corrected chi connectivity index (χ4v) is 3.08. The van der Waals surface area contributed by atoms with E-state index in [-0.39, 0.29) is 30.1 Å². The largest absolute Gasteiger partial charge is 0.481 e. The van der Waals surface area contributed by atoms with Gasteiger partial charge >= 0.3 is 5.97 Å². The van der Waals surface area contributed by atoms with Gasteiger partial charge in [0.05, 0.1) is 30.1 Å². The second-order valence-electron chi connectivity index (χ2n) is 3.90. The molecule has 0 saturated carbocycles. The van der Waals surface area contributed by atoms with E-state index in [9.17, 15) is 13.2 Å². The molecule has 1 fully saturated rings. The number of hydrogen-bond donors (Lipinski definition) is 1. The van der Waals surface area contributed by atoms with Crippen LogP contribution in [0, 0.1) is 0 Å². The summed E-state index contributed by atoms with van der Waals surface area (Å²) in [5.41, 5.74) is 0. The van der Waals surface area contributed by atoms with Crippen LogP contribution in [0.25, 0.3) is 0 Å². The summed E-state index contributed by atoms with van der Waals surface area (Å²) in [7, 11) is -3.29. The van der Waals surface area contributed by atoms with Gasteiger partial charge in [0.1, 0.15) is 0 Å². The van der Waals surface area contributed by atoms with Crippen molar-refractivity contribution in [3.05, 3.63) is 0 Å². The topological polar surface area (TPSA) is 80.7 Å². The van der Waals surface area contributed by atoms with Crippen LogP contribution in [0.5, 0.6) is 0 Å². The highest BCUT2D eigenvalue weighted by molar-refractivity contribution is 7.91. The third kappa shape index (κ3) is 4.61. The van der Waals surface area contributed by atoms with Crippen molar-refractivity contribution < 1.29 is 23.1 Å². The van der Waals surface area contributed by atoms with Crippen molar-refractivity contribution in [1.29, 1.82) is 0 Å².